The van der Waals surface area contributed by atoms with E-state index >= 15 is 0 Å². The van der Waals surface area contributed by atoms with Crippen LogP contribution in [0.15, 0.2) is 510 Å². The third-order valence-electron chi connectivity index (χ3n) is 26.5. The summed E-state index contributed by atoms with van der Waals surface area (Å²) < 4.78 is 20.3. The molecule has 0 radical (unpaired) electrons. The fraction of sp³-hybridized carbons (Fsp3) is 0.0233. The smallest absolute Gasteiger partial charge is 0.141 e. The van der Waals surface area contributed by atoms with Gasteiger partial charge < -0.3 is 14.2 Å². The van der Waals surface area contributed by atoms with Crippen LogP contribution in [-0.2, 0) is 16.2 Å². The van der Waals surface area contributed by atoms with Gasteiger partial charge in [-0.1, -0.05) is 388 Å². The van der Waals surface area contributed by atoms with Crippen molar-refractivity contribution in [2.75, 3.05) is 0 Å². The van der Waals surface area contributed by atoms with E-state index in [0.717, 1.165) is 169 Å². The quantitative estimate of drug-likeness (QED) is 0.0982. The number of fused-ring (bicyclic) bond motifs is 6. The number of benzene rings is 18. The van der Waals surface area contributed by atoms with E-state index < -0.39 is 16.2 Å². The van der Waals surface area contributed by atoms with Gasteiger partial charge in [0.2, 0.25) is 0 Å². The molecule has 3 aliphatic rings. The van der Waals surface area contributed by atoms with E-state index in [1.54, 1.807) is 0 Å². The zero-order chi connectivity index (χ0) is 92.8. The van der Waals surface area contributed by atoms with Gasteiger partial charge in [-0.3, -0.25) is 0 Å². The van der Waals surface area contributed by atoms with Crippen molar-refractivity contribution in [2.24, 2.45) is 0 Å². The summed E-state index contributed by atoms with van der Waals surface area (Å²) in [6, 6.07) is 182. The summed E-state index contributed by atoms with van der Waals surface area (Å²) in [4.78, 5) is 15.7. The first-order valence-corrected chi connectivity index (χ1v) is 46.1. The van der Waals surface area contributed by atoms with Gasteiger partial charge in [-0.2, -0.15) is 15.8 Å². The summed E-state index contributed by atoms with van der Waals surface area (Å²) in [5.41, 5.74) is 30.9. The monoisotopic (exact) mass is 1760 g/mol. The van der Waals surface area contributed by atoms with E-state index in [9.17, 15) is 15.8 Å². The number of pyridine rings is 3. The van der Waals surface area contributed by atoms with E-state index in [-0.39, 0.29) is 0 Å². The molecule has 0 spiro atoms. The van der Waals surface area contributed by atoms with Crippen molar-refractivity contribution in [3.05, 3.63) is 593 Å². The lowest BCUT2D eigenvalue weighted by Crippen LogP contribution is -2.34. The van der Waals surface area contributed by atoms with Gasteiger partial charge in [0.1, 0.15) is 34.5 Å². The van der Waals surface area contributed by atoms with Crippen molar-refractivity contribution in [2.45, 2.75) is 16.2 Å². The van der Waals surface area contributed by atoms with E-state index in [1.807, 2.05) is 146 Å². The van der Waals surface area contributed by atoms with Gasteiger partial charge in [-0.15, -0.1) is 0 Å². The van der Waals surface area contributed by atoms with Crippen LogP contribution in [0.2, 0.25) is 0 Å². The summed E-state index contributed by atoms with van der Waals surface area (Å²) >= 11 is 0. The van der Waals surface area contributed by atoms with Crippen LogP contribution >= 0.6 is 0 Å². The molecule has 9 nitrogen and oxygen atoms in total. The molecule has 18 aromatic carbocycles. The Morgan fingerprint density at radius 3 is 0.783 bits per heavy atom. The Bertz CT molecular complexity index is 7980. The molecule has 0 N–H and O–H groups in total. The highest BCUT2D eigenvalue weighted by molar-refractivity contribution is 5.86. The lowest BCUT2D eigenvalue weighted by Gasteiger charge is -2.42. The van der Waals surface area contributed by atoms with Crippen molar-refractivity contribution in [3.8, 4) is 154 Å². The predicted molar refractivity (Wildman–Crippen MR) is 551 cm³/mol. The van der Waals surface area contributed by atoms with Gasteiger partial charge in [-0.25, -0.2) is 15.0 Å². The molecule has 24 rings (SSSR count). The number of nitriles is 3. The van der Waals surface area contributed by atoms with Gasteiger partial charge in [0, 0.05) is 66.8 Å². The molecule has 0 saturated heterocycles. The Morgan fingerprint density at radius 1 is 0.167 bits per heavy atom. The maximum Gasteiger partial charge on any atom is 0.141 e. The molecule has 21 aromatic rings. The summed E-state index contributed by atoms with van der Waals surface area (Å²) in [5.74, 6) is 4.92. The number of aromatic nitrogens is 3. The van der Waals surface area contributed by atoms with Gasteiger partial charge in [0.25, 0.3) is 0 Å². The minimum Gasteiger partial charge on any atom is -0.457 e. The number of nitrogens with zero attached hydrogens (tertiary/aromatic N) is 6. The van der Waals surface area contributed by atoms with Crippen LogP contribution in [0.1, 0.15) is 83.5 Å². The zero-order valence-electron chi connectivity index (χ0n) is 74.9. The third-order valence-corrected chi connectivity index (χ3v) is 26.5. The summed E-state index contributed by atoms with van der Waals surface area (Å²) in [7, 11) is 0. The Hall–Kier alpha value is -18.7. The highest BCUT2D eigenvalue weighted by atomic mass is 16.5. The second-order valence-corrected chi connectivity index (χ2v) is 34.4. The fourth-order valence-corrected chi connectivity index (χ4v) is 20.2. The van der Waals surface area contributed by atoms with E-state index in [1.165, 1.54) is 33.4 Å². The molecule has 0 fully saturated rings. The maximum absolute atomic E-state index is 9.40. The topological polar surface area (TPSA) is 138 Å². The largest absolute Gasteiger partial charge is 0.457 e. The second-order valence-electron chi connectivity index (χ2n) is 34.4. The standard InChI is InChI=1S/3C43H28N2O/c44-29-30-23-25-31(26-24-30)33-27-39(32-13-4-1-5-14-32)45-40(28-33)36-19-12-21-38-42(36)46-41-22-11-10-20-37(41)43(38,34-15-6-2-7-16-34)35-17-8-3-9-18-35;44-29-30-20-22-31(23-21-30)34-26-39(32-12-4-1-5-13-32)45-40(27-34)33-24-25-38-42(28-33)46-41-19-11-10-18-37(41)43(38,35-14-6-2-7-15-35)36-16-8-3-9-17-36;44-29-30-20-22-31(23-21-30)34-27-39(32-12-4-1-5-13-32)45-40(28-34)33-24-25-42-38(26-33)43(35-14-6-2-7-15-35,36-16-8-3-9-17-36)37-18-10-11-19-41(37)46-42/h3*1-28H. The van der Waals surface area contributed by atoms with Crippen molar-refractivity contribution in [3.63, 3.8) is 0 Å². The minimum atomic E-state index is -0.615. The van der Waals surface area contributed by atoms with Crippen LogP contribution in [0.3, 0.4) is 0 Å². The van der Waals surface area contributed by atoms with Crippen molar-refractivity contribution < 1.29 is 14.2 Å². The predicted octanol–water partition coefficient (Wildman–Crippen LogP) is 31.3. The molecule has 648 valence electrons. The summed E-state index contributed by atoms with van der Waals surface area (Å²) in [6.45, 7) is 0. The number of ether oxygens (including phenoxy) is 3. The van der Waals surface area contributed by atoms with Gasteiger partial charge >= 0.3 is 0 Å². The van der Waals surface area contributed by atoms with Gasteiger partial charge in [0.15, 0.2) is 0 Å². The Morgan fingerprint density at radius 2 is 0.420 bits per heavy atom. The van der Waals surface area contributed by atoms with Crippen LogP contribution < -0.4 is 14.2 Å². The molecule has 9 heteroatoms. The average molecular weight is 1770 g/mol. The van der Waals surface area contributed by atoms with Gasteiger partial charge in [-0.05, 0) is 188 Å². The normalized spacial score (nSPS) is 12.7. The molecule has 0 aliphatic carbocycles. The molecule has 0 saturated carbocycles. The highest BCUT2D eigenvalue weighted by Crippen LogP contribution is 2.61. The number of hydrogen-bond donors (Lipinski definition) is 0. The molecule has 3 aliphatic heterocycles. The molecular weight excluding hydrogens is 1680 g/mol. The van der Waals surface area contributed by atoms with Crippen LogP contribution in [-0.4, -0.2) is 15.0 Å². The fourth-order valence-electron chi connectivity index (χ4n) is 20.2. The summed E-state index contributed by atoms with van der Waals surface area (Å²) in [6.07, 6.45) is 0. The zero-order valence-corrected chi connectivity index (χ0v) is 74.9. The lowest BCUT2D eigenvalue weighted by atomic mass is 9.63. The van der Waals surface area contributed by atoms with Crippen molar-refractivity contribution >= 4 is 0 Å². The minimum absolute atomic E-state index is 0.571. The molecule has 0 bridgehead atoms. The third kappa shape index (κ3) is 15.7. The molecular formula is C129H84N6O3. The first-order chi connectivity index (χ1) is 68.2. The van der Waals surface area contributed by atoms with Crippen molar-refractivity contribution in [1.82, 2.24) is 15.0 Å². The number of hydrogen-bond acceptors (Lipinski definition) is 9. The number of para-hydroxylation sites is 4. The highest BCUT2D eigenvalue weighted by Gasteiger charge is 2.49. The Labute approximate surface area is 802 Å². The van der Waals surface area contributed by atoms with Gasteiger partial charge in [0.05, 0.1) is 85.3 Å². The van der Waals surface area contributed by atoms with Crippen molar-refractivity contribution in [1.29, 1.82) is 15.8 Å². The van der Waals surface area contributed by atoms with E-state index in [0.29, 0.717) is 16.7 Å². The van der Waals surface area contributed by atoms with Crippen LogP contribution in [0.5, 0.6) is 34.5 Å². The first-order valence-electron chi connectivity index (χ1n) is 46.1. The second kappa shape index (κ2) is 37.1. The first kappa shape index (κ1) is 84.8. The maximum atomic E-state index is 9.40. The molecule has 6 heterocycles. The molecule has 0 atom stereocenters. The summed E-state index contributed by atoms with van der Waals surface area (Å²) in [5, 5.41) is 28.1. The SMILES string of the molecule is N#Cc1ccc(-c2cc(-c3ccccc3)nc(-c3ccc4c(c3)C(c3ccccc3)(c3ccccc3)c3ccccc3O4)c2)cc1.N#Cc1ccc(-c2cc(-c3ccccc3)nc(-c3ccc4c(c3)Oc3ccccc3C4(c3ccccc3)c3ccccc3)c2)cc1.N#Cc1ccc(-c2cc(-c3ccccc3)nc(-c3cccc4c3Oc3ccccc3C4(c3ccccc3)c3ccccc3)c2)cc1. The molecule has 0 amide bonds. The Kier molecular flexibility index (Phi) is 22.8. The molecule has 0 unspecified atom stereocenters. The van der Waals surface area contributed by atoms with Crippen LogP contribution in [0.25, 0.3) is 101 Å². The number of rotatable bonds is 15. The van der Waals surface area contributed by atoms with Crippen LogP contribution in [0.4, 0.5) is 0 Å². The van der Waals surface area contributed by atoms with Crippen LogP contribution in [0, 0.1) is 34.0 Å². The van der Waals surface area contributed by atoms with E-state index in [4.69, 9.17) is 29.2 Å². The molecule has 138 heavy (non-hydrogen) atoms. The van der Waals surface area contributed by atoms with E-state index in [2.05, 4.69) is 382 Å². The Balaban J connectivity index is 0.000000119. The average Bonchev–Trinajstić information content (AvgIpc) is 0.712. The molecule has 3 aromatic heterocycles. The lowest BCUT2D eigenvalue weighted by molar-refractivity contribution is 0.434.